The lowest BCUT2D eigenvalue weighted by molar-refractivity contribution is 0.768. The molecular weight excluding hydrogens is 761 g/mol. The summed E-state index contributed by atoms with van der Waals surface area (Å²) in [6.07, 6.45) is 0. The van der Waals surface area contributed by atoms with Gasteiger partial charge in [-0.2, -0.15) is 0 Å². The zero-order valence-corrected chi connectivity index (χ0v) is 34.6. The van der Waals surface area contributed by atoms with E-state index in [1.807, 2.05) is 0 Å². The van der Waals surface area contributed by atoms with Crippen molar-refractivity contribution in [2.75, 3.05) is 4.90 Å². The van der Waals surface area contributed by atoms with E-state index in [9.17, 15) is 0 Å². The number of nitrogens with zero attached hydrogens (tertiary/aromatic N) is 2. The summed E-state index contributed by atoms with van der Waals surface area (Å²) in [4.78, 5) is 2.47. The molecule has 0 atom stereocenters. The van der Waals surface area contributed by atoms with E-state index in [1.165, 1.54) is 77.4 Å². The predicted octanol–water partition coefficient (Wildman–Crippen LogP) is 16.0. The van der Waals surface area contributed by atoms with E-state index in [0.29, 0.717) is 0 Å². The number of benzene rings is 10. The molecular formula is C61H42N2. The molecule has 0 fully saturated rings. The van der Waals surface area contributed by atoms with Gasteiger partial charge in [-0.05, 0) is 105 Å². The number of anilines is 3. The molecule has 1 aliphatic carbocycles. The number of fused-ring (bicyclic) bond motifs is 6. The number of aromatic nitrogens is 1. The predicted molar refractivity (Wildman–Crippen MR) is 264 cm³/mol. The molecule has 63 heavy (non-hydrogen) atoms. The molecule has 0 unspecified atom stereocenters. The van der Waals surface area contributed by atoms with Gasteiger partial charge in [0, 0.05) is 39.1 Å². The maximum absolute atomic E-state index is 2.47. The molecule has 296 valence electrons. The molecule has 2 nitrogen and oxygen atoms in total. The van der Waals surface area contributed by atoms with Gasteiger partial charge in [0.1, 0.15) is 0 Å². The first-order valence-corrected chi connectivity index (χ1v) is 21.8. The van der Waals surface area contributed by atoms with Crippen molar-refractivity contribution in [3.8, 4) is 39.1 Å². The Hall–Kier alpha value is -8.20. The van der Waals surface area contributed by atoms with Crippen molar-refractivity contribution in [3.05, 3.63) is 277 Å². The molecule has 1 heterocycles. The zero-order chi connectivity index (χ0) is 41.7. The van der Waals surface area contributed by atoms with Crippen molar-refractivity contribution in [2.45, 2.75) is 5.41 Å². The van der Waals surface area contributed by atoms with Crippen molar-refractivity contribution in [1.29, 1.82) is 0 Å². The second-order valence-corrected chi connectivity index (χ2v) is 16.4. The van der Waals surface area contributed by atoms with E-state index < -0.39 is 5.41 Å². The molecule has 0 spiro atoms. The summed E-state index contributed by atoms with van der Waals surface area (Å²) in [5, 5.41) is 2.42. The van der Waals surface area contributed by atoms with Crippen LogP contribution in [0.15, 0.2) is 255 Å². The Morgan fingerprint density at radius 3 is 1.52 bits per heavy atom. The lowest BCUT2D eigenvalue weighted by Crippen LogP contribution is -2.28. The molecule has 0 aliphatic heterocycles. The first-order valence-electron chi connectivity index (χ1n) is 21.8. The summed E-state index contributed by atoms with van der Waals surface area (Å²) in [5.41, 5.74) is 18.6. The van der Waals surface area contributed by atoms with E-state index >= 15 is 0 Å². The fourth-order valence-electron chi connectivity index (χ4n) is 10.3. The van der Waals surface area contributed by atoms with Gasteiger partial charge in [-0.3, -0.25) is 0 Å². The van der Waals surface area contributed by atoms with Crippen LogP contribution in [-0.4, -0.2) is 4.57 Å². The van der Waals surface area contributed by atoms with Gasteiger partial charge in [-0.15, -0.1) is 0 Å². The fourth-order valence-corrected chi connectivity index (χ4v) is 10.3. The van der Waals surface area contributed by atoms with E-state index in [1.54, 1.807) is 0 Å². The highest BCUT2D eigenvalue weighted by molar-refractivity contribution is 6.15. The fraction of sp³-hybridized carbons (Fsp3) is 0.0164. The minimum atomic E-state index is -0.532. The monoisotopic (exact) mass is 802 g/mol. The van der Waals surface area contributed by atoms with Gasteiger partial charge in [0.15, 0.2) is 0 Å². The lowest BCUT2D eigenvalue weighted by atomic mass is 9.67. The topological polar surface area (TPSA) is 8.17 Å². The molecule has 1 aromatic heterocycles. The highest BCUT2D eigenvalue weighted by Crippen LogP contribution is 2.57. The van der Waals surface area contributed by atoms with Crippen LogP contribution in [0.4, 0.5) is 17.1 Å². The second-order valence-electron chi connectivity index (χ2n) is 16.4. The summed E-state index contributed by atoms with van der Waals surface area (Å²) >= 11 is 0. The third-order valence-electron chi connectivity index (χ3n) is 13.0. The van der Waals surface area contributed by atoms with Gasteiger partial charge in [0.05, 0.1) is 16.4 Å². The maximum atomic E-state index is 2.47. The van der Waals surface area contributed by atoms with Crippen LogP contribution in [-0.2, 0) is 5.41 Å². The Bertz CT molecular complexity index is 3370. The lowest BCUT2D eigenvalue weighted by Gasteiger charge is -2.35. The normalized spacial score (nSPS) is 12.6. The smallest absolute Gasteiger partial charge is 0.0714 e. The number of hydrogen-bond donors (Lipinski definition) is 0. The highest BCUT2D eigenvalue weighted by atomic mass is 15.1. The maximum Gasteiger partial charge on any atom is 0.0714 e. The van der Waals surface area contributed by atoms with Gasteiger partial charge >= 0.3 is 0 Å². The number of para-hydroxylation sites is 2. The van der Waals surface area contributed by atoms with Crippen LogP contribution in [0.25, 0.3) is 60.9 Å². The van der Waals surface area contributed by atoms with Crippen molar-refractivity contribution in [2.24, 2.45) is 0 Å². The molecule has 2 heteroatoms. The molecule has 1 aliphatic rings. The van der Waals surface area contributed by atoms with Crippen LogP contribution < -0.4 is 4.90 Å². The third-order valence-corrected chi connectivity index (χ3v) is 13.0. The standard InChI is InChI=1S/C61H42N2/c1-6-20-43(21-7-1)44-34-36-49(37-35-44)62(50-38-39-53-52-30-16-18-32-57(52)61(58(53)42-50,46-24-10-3-11-25-46)47-26-12-4-13-27-47)51-40-55(45-22-8-2-9-23-45)60-56(41-51)54-31-17-19-33-59(54)63(60)48-28-14-5-15-29-48/h1-42H. The van der Waals surface area contributed by atoms with Crippen molar-refractivity contribution in [3.63, 3.8) is 0 Å². The van der Waals surface area contributed by atoms with Crippen LogP contribution in [0.3, 0.4) is 0 Å². The Kier molecular flexibility index (Phi) is 8.76. The average molecular weight is 803 g/mol. The summed E-state index contributed by atoms with van der Waals surface area (Å²) in [6, 6.07) is 93.4. The van der Waals surface area contributed by atoms with E-state index in [0.717, 1.165) is 22.7 Å². The van der Waals surface area contributed by atoms with Crippen LogP contribution in [0.5, 0.6) is 0 Å². The number of rotatable bonds is 8. The molecule has 11 aromatic rings. The van der Waals surface area contributed by atoms with Crippen LogP contribution in [0.1, 0.15) is 22.3 Å². The molecule has 12 rings (SSSR count). The SMILES string of the molecule is c1ccc(-c2ccc(N(c3ccc4c(c3)C(c3ccccc3)(c3ccccc3)c3ccccc3-4)c3cc(-c4ccccc4)c4c(c3)c3ccccc3n4-c3ccccc3)cc2)cc1. The summed E-state index contributed by atoms with van der Waals surface area (Å²) < 4.78 is 2.44. The van der Waals surface area contributed by atoms with E-state index in [-0.39, 0.29) is 0 Å². The molecule has 0 N–H and O–H groups in total. The minimum Gasteiger partial charge on any atom is -0.310 e. The average Bonchev–Trinajstić information content (AvgIpc) is 3.86. The third kappa shape index (κ3) is 5.87. The largest absolute Gasteiger partial charge is 0.310 e. The summed E-state index contributed by atoms with van der Waals surface area (Å²) in [6.45, 7) is 0. The highest BCUT2D eigenvalue weighted by Gasteiger charge is 2.46. The van der Waals surface area contributed by atoms with Gasteiger partial charge in [0.25, 0.3) is 0 Å². The molecule has 0 bridgehead atoms. The number of hydrogen-bond acceptors (Lipinski definition) is 1. The second kappa shape index (κ2) is 15.1. The summed E-state index contributed by atoms with van der Waals surface area (Å²) in [5.74, 6) is 0. The van der Waals surface area contributed by atoms with Crippen molar-refractivity contribution < 1.29 is 0 Å². The van der Waals surface area contributed by atoms with Crippen LogP contribution in [0.2, 0.25) is 0 Å². The summed E-state index contributed by atoms with van der Waals surface area (Å²) in [7, 11) is 0. The van der Waals surface area contributed by atoms with E-state index in [4.69, 9.17) is 0 Å². The Balaban J connectivity index is 1.16. The molecule has 0 amide bonds. The molecule has 0 saturated heterocycles. The molecule has 0 saturated carbocycles. The van der Waals surface area contributed by atoms with Gasteiger partial charge in [0.2, 0.25) is 0 Å². The Morgan fingerprint density at radius 2 is 0.841 bits per heavy atom. The van der Waals surface area contributed by atoms with E-state index in [2.05, 4.69) is 264 Å². The van der Waals surface area contributed by atoms with Crippen molar-refractivity contribution >= 4 is 38.9 Å². The molecule has 10 aromatic carbocycles. The first-order chi connectivity index (χ1) is 31.3. The van der Waals surface area contributed by atoms with Gasteiger partial charge in [-0.1, -0.05) is 200 Å². The minimum absolute atomic E-state index is 0.532. The van der Waals surface area contributed by atoms with Crippen LogP contribution >= 0.6 is 0 Å². The zero-order valence-electron chi connectivity index (χ0n) is 34.6. The van der Waals surface area contributed by atoms with Crippen molar-refractivity contribution in [1.82, 2.24) is 4.57 Å². The first kappa shape index (κ1) is 36.6. The molecule has 0 radical (unpaired) electrons. The van der Waals surface area contributed by atoms with Crippen LogP contribution in [0, 0.1) is 0 Å². The Morgan fingerprint density at radius 1 is 0.317 bits per heavy atom. The Labute approximate surface area is 368 Å². The van der Waals surface area contributed by atoms with Gasteiger partial charge in [-0.25, -0.2) is 0 Å². The van der Waals surface area contributed by atoms with Gasteiger partial charge < -0.3 is 9.47 Å². The quantitative estimate of drug-likeness (QED) is 0.149.